The van der Waals surface area contributed by atoms with Crippen molar-refractivity contribution in [1.29, 1.82) is 0 Å². The third-order valence-electron chi connectivity index (χ3n) is 3.43. The molecule has 1 aliphatic rings. The van der Waals surface area contributed by atoms with Gasteiger partial charge in [0.05, 0.1) is 6.04 Å². The molecule has 16 heavy (non-hydrogen) atoms. The molecule has 0 amide bonds. The van der Waals surface area contributed by atoms with E-state index in [1.54, 1.807) is 0 Å². The van der Waals surface area contributed by atoms with Crippen LogP contribution in [0.5, 0.6) is 0 Å². The Morgan fingerprint density at radius 2 is 1.94 bits per heavy atom. The lowest BCUT2D eigenvalue weighted by Gasteiger charge is -2.21. The third-order valence-corrected chi connectivity index (χ3v) is 3.43. The number of allylic oxidation sites excluding steroid dienone is 1. The highest BCUT2D eigenvalue weighted by atomic mass is 15.4. The fourth-order valence-corrected chi connectivity index (χ4v) is 2.24. The SMILES string of the molecule is CCC(C)C1NNC(C)=C1c1ccccc1. The lowest BCUT2D eigenvalue weighted by Crippen LogP contribution is -2.36. The van der Waals surface area contributed by atoms with Crippen LogP contribution in [0.25, 0.3) is 5.57 Å². The van der Waals surface area contributed by atoms with Crippen LogP contribution >= 0.6 is 0 Å². The van der Waals surface area contributed by atoms with E-state index in [9.17, 15) is 0 Å². The van der Waals surface area contributed by atoms with Gasteiger partial charge < -0.3 is 5.43 Å². The van der Waals surface area contributed by atoms with Gasteiger partial charge in [0.15, 0.2) is 0 Å². The maximum atomic E-state index is 3.38. The van der Waals surface area contributed by atoms with Gasteiger partial charge in [-0.3, -0.25) is 0 Å². The van der Waals surface area contributed by atoms with E-state index in [1.165, 1.54) is 23.3 Å². The maximum Gasteiger partial charge on any atom is 0.0558 e. The zero-order valence-electron chi connectivity index (χ0n) is 10.2. The van der Waals surface area contributed by atoms with Crippen LogP contribution in [-0.4, -0.2) is 6.04 Å². The van der Waals surface area contributed by atoms with Gasteiger partial charge >= 0.3 is 0 Å². The molecule has 86 valence electrons. The first-order valence-electron chi connectivity index (χ1n) is 6.01. The number of rotatable bonds is 3. The Labute approximate surface area is 97.7 Å². The lowest BCUT2D eigenvalue weighted by atomic mass is 9.88. The number of nitrogens with one attached hydrogen (secondary N) is 2. The molecule has 0 bridgehead atoms. The Balaban J connectivity index is 2.33. The largest absolute Gasteiger partial charge is 0.325 e. The van der Waals surface area contributed by atoms with Crippen molar-refractivity contribution in [3.63, 3.8) is 0 Å². The van der Waals surface area contributed by atoms with Crippen LogP contribution in [0.1, 0.15) is 32.8 Å². The summed E-state index contributed by atoms with van der Waals surface area (Å²) >= 11 is 0. The topological polar surface area (TPSA) is 24.1 Å². The first-order valence-corrected chi connectivity index (χ1v) is 6.01. The lowest BCUT2D eigenvalue weighted by molar-refractivity contribution is 0.428. The molecule has 2 atom stereocenters. The summed E-state index contributed by atoms with van der Waals surface area (Å²) in [6.45, 7) is 6.67. The zero-order valence-corrected chi connectivity index (χ0v) is 10.2. The van der Waals surface area contributed by atoms with Crippen molar-refractivity contribution in [2.24, 2.45) is 5.92 Å². The Morgan fingerprint density at radius 1 is 1.25 bits per heavy atom. The normalized spacial score (nSPS) is 22.1. The monoisotopic (exact) mass is 216 g/mol. The molecule has 1 aliphatic heterocycles. The number of hydrazine groups is 1. The van der Waals surface area contributed by atoms with E-state index in [-0.39, 0.29) is 0 Å². The fourth-order valence-electron chi connectivity index (χ4n) is 2.24. The third kappa shape index (κ3) is 1.98. The second-order valence-corrected chi connectivity index (χ2v) is 4.54. The van der Waals surface area contributed by atoms with E-state index in [0.29, 0.717) is 12.0 Å². The molecule has 1 aromatic carbocycles. The molecular formula is C14H20N2. The van der Waals surface area contributed by atoms with Crippen LogP contribution in [0.4, 0.5) is 0 Å². The Bertz CT molecular complexity index is 381. The van der Waals surface area contributed by atoms with Crippen LogP contribution in [0, 0.1) is 5.92 Å². The highest BCUT2D eigenvalue weighted by molar-refractivity contribution is 5.73. The van der Waals surface area contributed by atoms with Crippen molar-refractivity contribution in [2.45, 2.75) is 33.2 Å². The van der Waals surface area contributed by atoms with Gasteiger partial charge in [0.25, 0.3) is 0 Å². The standard InChI is InChI=1S/C14H20N2/c1-4-10(2)14-13(11(3)15-16-14)12-8-6-5-7-9-12/h5-10,14-16H,4H2,1-3H3. The summed E-state index contributed by atoms with van der Waals surface area (Å²) in [7, 11) is 0. The summed E-state index contributed by atoms with van der Waals surface area (Å²) in [5.41, 5.74) is 10.6. The molecule has 0 spiro atoms. The van der Waals surface area contributed by atoms with E-state index in [0.717, 1.165) is 0 Å². The Morgan fingerprint density at radius 3 is 2.56 bits per heavy atom. The van der Waals surface area contributed by atoms with Crippen molar-refractivity contribution in [3.05, 3.63) is 41.6 Å². The number of hydrogen-bond donors (Lipinski definition) is 2. The van der Waals surface area contributed by atoms with Gasteiger partial charge in [-0.1, -0.05) is 50.6 Å². The molecule has 0 radical (unpaired) electrons. The highest BCUT2D eigenvalue weighted by Crippen LogP contribution is 2.29. The molecule has 0 fully saturated rings. The van der Waals surface area contributed by atoms with Crippen LogP contribution in [0.15, 0.2) is 36.0 Å². The number of benzene rings is 1. The molecular weight excluding hydrogens is 196 g/mol. The average Bonchev–Trinajstić information content (AvgIpc) is 2.71. The molecule has 1 aromatic rings. The minimum Gasteiger partial charge on any atom is -0.325 e. The molecule has 2 heteroatoms. The molecule has 2 N–H and O–H groups in total. The second-order valence-electron chi connectivity index (χ2n) is 4.54. The Hall–Kier alpha value is -1.28. The van der Waals surface area contributed by atoms with Crippen LogP contribution < -0.4 is 10.9 Å². The molecule has 2 nitrogen and oxygen atoms in total. The van der Waals surface area contributed by atoms with Crippen molar-refractivity contribution < 1.29 is 0 Å². The molecule has 2 unspecified atom stereocenters. The summed E-state index contributed by atoms with van der Waals surface area (Å²) in [6.07, 6.45) is 1.18. The smallest absolute Gasteiger partial charge is 0.0558 e. The van der Waals surface area contributed by atoms with Gasteiger partial charge in [-0.2, -0.15) is 0 Å². The Kier molecular flexibility index (Phi) is 3.30. The van der Waals surface area contributed by atoms with E-state index < -0.39 is 0 Å². The van der Waals surface area contributed by atoms with E-state index in [2.05, 4.69) is 62.0 Å². The second kappa shape index (κ2) is 4.71. The van der Waals surface area contributed by atoms with E-state index in [1.807, 2.05) is 0 Å². The van der Waals surface area contributed by atoms with E-state index in [4.69, 9.17) is 0 Å². The van der Waals surface area contributed by atoms with Crippen LogP contribution in [0.2, 0.25) is 0 Å². The fraction of sp³-hybridized carbons (Fsp3) is 0.429. The molecule has 0 saturated carbocycles. The summed E-state index contributed by atoms with van der Waals surface area (Å²) < 4.78 is 0. The molecule has 0 aromatic heterocycles. The van der Waals surface area contributed by atoms with Crippen molar-refractivity contribution in [1.82, 2.24) is 10.9 Å². The highest BCUT2D eigenvalue weighted by Gasteiger charge is 2.27. The first kappa shape index (κ1) is 11.2. The van der Waals surface area contributed by atoms with Gasteiger partial charge in [0.2, 0.25) is 0 Å². The average molecular weight is 216 g/mol. The molecule has 0 saturated heterocycles. The predicted molar refractivity (Wildman–Crippen MR) is 68.6 cm³/mol. The minimum absolute atomic E-state index is 0.424. The maximum absolute atomic E-state index is 3.38. The van der Waals surface area contributed by atoms with E-state index >= 15 is 0 Å². The van der Waals surface area contributed by atoms with Crippen LogP contribution in [-0.2, 0) is 0 Å². The van der Waals surface area contributed by atoms with Crippen molar-refractivity contribution in [3.8, 4) is 0 Å². The summed E-state index contributed by atoms with van der Waals surface area (Å²) in [4.78, 5) is 0. The van der Waals surface area contributed by atoms with Crippen molar-refractivity contribution in [2.75, 3.05) is 0 Å². The zero-order chi connectivity index (χ0) is 11.5. The van der Waals surface area contributed by atoms with Gasteiger partial charge in [0.1, 0.15) is 0 Å². The summed E-state index contributed by atoms with van der Waals surface area (Å²) in [5, 5.41) is 0. The van der Waals surface area contributed by atoms with Gasteiger partial charge in [-0.15, -0.1) is 0 Å². The van der Waals surface area contributed by atoms with Gasteiger partial charge in [-0.05, 0) is 24.0 Å². The first-order chi connectivity index (χ1) is 7.74. The molecule has 1 heterocycles. The van der Waals surface area contributed by atoms with Gasteiger partial charge in [-0.25, -0.2) is 5.43 Å². The number of hydrogen-bond acceptors (Lipinski definition) is 2. The summed E-state index contributed by atoms with van der Waals surface area (Å²) in [6, 6.07) is 11.1. The van der Waals surface area contributed by atoms with Crippen molar-refractivity contribution >= 4 is 5.57 Å². The molecule has 2 rings (SSSR count). The summed E-state index contributed by atoms with van der Waals surface area (Å²) in [5.74, 6) is 0.639. The molecule has 0 aliphatic carbocycles. The minimum atomic E-state index is 0.424. The van der Waals surface area contributed by atoms with Gasteiger partial charge in [0, 0.05) is 5.70 Å². The quantitative estimate of drug-likeness (QED) is 0.811. The predicted octanol–water partition coefficient (Wildman–Crippen LogP) is 2.94. The van der Waals surface area contributed by atoms with Crippen LogP contribution in [0.3, 0.4) is 0 Å².